The highest BCUT2D eigenvalue weighted by Crippen LogP contribution is 2.43. The molecule has 360 valence electrons. The van der Waals surface area contributed by atoms with E-state index in [-0.39, 0.29) is 0 Å². The highest BCUT2D eigenvalue weighted by molar-refractivity contribution is 6.14. The summed E-state index contributed by atoms with van der Waals surface area (Å²) in [7, 11) is 0. The lowest BCUT2D eigenvalue weighted by atomic mass is 10.0. The topological polar surface area (TPSA) is 58.4 Å². The Kier molecular flexibility index (Phi) is 9.41. The summed E-state index contributed by atoms with van der Waals surface area (Å²) in [6.07, 6.45) is 0. The van der Waals surface area contributed by atoms with Gasteiger partial charge in [-0.15, -0.1) is 0 Å². The number of nitrogens with zero attached hydrogens (tertiary/aromatic N) is 7. The summed E-state index contributed by atoms with van der Waals surface area (Å²) in [6.45, 7) is 2.27. The van der Waals surface area contributed by atoms with E-state index in [4.69, 9.17) is 15.0 Å². The van der Waals surface area contributed by atoms with Gasteiger partial charge in [0.25, 0.3) is 0 Å². The van der Waals surface area contributed by atoms with Crippen LogP contribution in [0.4, 0.5) is 0 Å². The number of fused-ring (bicyclic) bond motifs is 12. The zero-order chi connectivity index (χ0) is 50.7. The Morgan fingerprint density at radius 1 is 0.234 bits per heavy atom. The van der Waals surface area contributed by atoms with E-state index in [1.165, 1.54) is 65.2 Å². The fourth-order valence-electron chi connectivity index (χ4n) is 12.3. The summed E-state index contributed by atoms with van der Waals surface area (Å²) in [5.41, 5.74) is 17.3. The van der Waals surface area contributed by atoms with Crippen LogP contribution < -0.4 is 0 Å². The van der Waals surface area contributed by atoms with Crippen LogP contribution in [0, 0.1) is 6.92 Å². The zero-order valence-electron chi connectivity index (χ0n) is 41.9. The van der Waals surface area contributed by atoms with Crippen molar-refractivity contribution in [3.8, 4) is 56.9 Å². The van der Waals surface area contributed by atoms with E-state index in [1.807, 2.05) is 36.4 Å². The molecular weight excluding hydrogens is 939 g/mol. The standard InChI is InChI=1S/C70H45N7/c1-44-66(76-62-34-18-12-28-54(62)56-42-48(36-38-64(56)76)74-58-30-14-8-24-50(58)51-25-9-15-31-59(51)74)40-47(70-72-68(45-20-4-2-5-21-45)71-69(73-70)46-22-6-3-7-23-46)41-67(44)77-63-35-19-13-29-55(63)57-43-49(37-39-65(57)77)75-60-32-16-10-26-52(60)53-27-11-17-33-61(53)75/h2-43H,1H3. The van der Waals surface area contributed by atoms with Gasteiger partial charge in [-0.3, -0.25) is 0 Å². The van der Waals surface area contributed by atoms with Gasteiger partial charge in [0, 0.05) is 71.2 Å². The van der Waals surface area contributed by atoms with E-state index in [0.29, 0.717) is 17.5 Å². The Morgan fingerprint density at radius 3 is 0.857 bits per heavy atom. The Hall–Kier alpha value is -10.4. The average molecular weight is 984 g/mol. The molecule has 0 atom stereocenters. The van der Waals surface area contributed by atoms with Crippen LogP contribution >= 0.6 is 0 Å². The van der Waals surface area contributed by atoms with Crippen molar-refractivity contribution in [2.45, 2.75) is 6.92 Å². The van der Waals surface area contributed by atoms with Crippen molar-refractivity contribution in [2.75, 3.05) is 0 Å². The molecule has 0 aliphatic rings. The lowest BCUT2D eigenvalue weighted by Crippen LogP contribution is -2.06. The Labute approximate surface area is 442 Å². The highest BCUT2D eigenvalue weighted by Gasteiger charge is 2.24. The summed E-state index contributed by atoms with van der Waals surface area (Å²) in [6, 6.07) is 91.5. The van der Waals surface area contributed by atoms with Crippen LogP contribution in [0.2, 0.25) is 0 Å². The quantitative estimate of drug-likeness (QED) is 0.160. The molecule has 0 saturated heterocycles. The molecule has 0 aliphatic heterocycles. The first-order valence-corrected chi connectivity index (χ1v) is 26.2. The predicted molar refractivity (Wildman–Crippen MR) is 318 cm³/mol. The Morgan fingerprint density at radius 2 is 0.506 bits per heavy atom. The molecule has 0 amide bonds. The maximum absolute atomic E-state index is 5.36. The molecule has 16 rings (SSSR count). The monoisotopic (exact) mass is 983 g/mol. The molecule has 0 aliphatic carbocycles. The van der Waals surface area contributed by atoms with Crippen LogP contribution in [-0.2, 0) is 0 Å². The number of hydrogen-bond acceptors (Lipinski definition) is 3. The number of benzene rings is 11. The van der Waals surface area contributed by atoms with Crippen LogP contribution in [0.25, 0.3) is 144 Å². The van der Waals surface area contributed by atoms with Gasteiger partial charge in [-0.2, -0.15) is 0 Å². The van der Waals surface area contributed by atoms with Gasteiger partial charge in [-0.05, 0) is 97.4 Å². The molecule has 77 heavy (non-hydrogen) atoms. The third-order valence-electron chi connectivity index (χ3n) is 15.8. The van der Waals surface area contributed by atoms with Crippen molar-refractivity contribution in [3.63, 3.8) is 0 Å². The minimum Gasteiger partial charge on any atom is -0.309 e. The van der Waals surface area contributed by atoms with E-state index < -0.39 is 0 Å². The third kappa shape index (κ3) is 6.54. The van der Waals surface area contributed by atoms with Crippen molar-refractivity contribution in [2.24, 2.45) is 0 Å². The number of hydrogen-bond donors (Lipinski definition) is 0. The molecule has 7 nitrogen and oxygen atoms in total. The van der Waals surface area contributed by atoms with Gasteiger partial charge in [-0.1, -0.05) is 170 Å². The van der Waals surface area contributed by atoms with Crippen molar-refractivity contribution < 1.29 is 0 Å². The predicted octanol–water partition coefficient (Wildman–Crippen LogP) is 17.6. The summed E-state index contributed by atoms with van der Waals surface area (Å²) in [5, 5.41) is 9.63. The van der Waals surface area contributed by atoms with Crippen LogP contribution in [-0.4, -0.2) is 33.2 Å². The largest absolute Gasteiger partial charge is 0.309 e. The maximum atomic E-state index is 5.36. The second kappa shape index (κ2) is 16.8. The number of rotatable bonds is 7. The lowest BCUT2D eigenvalue weighted by molar-refractivity contribution is 1.06. The van der Waals surface area contributed by atoms with E-state index in [9.17, 15) is 0 Å². The van der Waals surface area contributed by atoms with Gasteiger partial charge in [0.05, 0.1) is 55.5 Å². The van der Waals surface area contributed by atoms with Crippen molar-refractivity contribution >= 4 is 87.2 Å². The van der Waals surface area contributed by atoms with Gasteiger partial charge in [0.2, 0.25) is 0 Å². The maximum Gasteiger partial charge on any atom is 0.164 e. The van der Waals surface area contributed by atoms with Gasteiger partial charge >= 0.3 is 0 Å². The molecule has 0 unspecified atom stereocenters. The molecule has 5 heterocycles. The Balaban J connectivity index is 0.981. The second-order valence-electron chi connectivity index (χ2n) is 20.0. The fourth-order valence-corrected chi connectivity index (χ4v) is 12.3. The minimum absolute atomic E-state index is 0.587. The van der Waals surface area contributed by atoms with Gasteiger partial charge < -0.3 is 18.3 Å². The Bertz CT molecular complexity index is 4640. The molecule has 0 radical (unpaired) electrons. The molecule has 0 spiro atoms. The van der Waals surface area contributed by atoms with E-state index >= 15 is 0 Å². The zero-order valence-corrected chi connectivity index (χ0v) is 41.9. The summed E-state index contributed by atoms with van der Waals surface area (Å²) < 4.78 is 9.72. The van der Waals surface area contributed by atoms with Gasteiger partial charge in [0.1, 0.15) is 0 Å². The van der Waals surface area contributed by atoms with Crippen LogP contribution in [0.15, 0.2) is 255 Å². The molecule has 0 saturated carbocycles. The minimum atomic E-state index is 0.587. The summed E-state index contributed by atoms with van der Waals surface area (Å²) >= 11 is 0. The van der Waals surface area contributed by atoms with Crippen LogP contribution in [0.1, 0.15) is 5.56 Å². The SMILES string of the molecule is Cc1c(-n2c3ccccc3c3cc(-n4c5ccccc5c5ccccc54)ccc32)cc(-c2nc(-c3ccccc3)nc(-c3ccccc3)n2)cc1-n1c2ccccc2c2cc(-n3c4ccccc4c4ccccc43)ccc21. The second-order valence-corrected chi connectivity index (χ2v) is 20.0. The van der Waals surface area contributed by atoms with Crippen molar-refractivity contribution in [1.29, 1.82) is 0 Å². The van der Waals surface area contributed by atoms with E-state index in [2.05, 4.69) is 244 Å². The van der Waals surface area contributed by atoms with Crippen LogP contribution in [0.3, 0.4) is 0 Å². The normalized spacial score (nSPS) is 12.0. The highest BCUT2D eigenvalue weighted by atomic mass is 15.1. The third-order valence-corrected chi connectivity index (χ3v) is 15.8. The van der Waals surface area contributed by atoms with Gasteiger partial charge in [-0.25, -0.2) is 15.0 Å². The first-order valence-electron chi connectivity index (χ1n) is 26.2. The number of para-hydroxylation sites is 6. The smallest absolute Gasteiger partial charge is 0.164 e. The summed E-state index contributed by atoms with van der Waals surface area (Å²) in [5.74, 6) is 1.81. The van der Waals surface area contributed by atoms with Crippen molar-refractivity contribution in [3.05, 3.63) is 260 Å². The lowest BCUT2D eigenvalue weighted by Gasteiger charge is -2.20. The fraction of sp³-hybridized carbons (Fsp3) is 0.0143. The molecule has 7 heteroatoms. The summed E-state index contributed by atoms with van der Waals surface area (Å²) in [4.78, 5) is 15.8. The molecular formula is C70H45N7. The molecule has 16 aromatic rings. The van der Waals surface area contributed by atoms with Crippen molar-refractivity contribution in [1.82, 2.24) is 33.2 Å². The number of aromatic nitrogens is 7. The molecule has 11 aromatic carbocycles. The average Bonchev–Trinajstić information content (AvgIpc) is 4.25. The molecule has 5 aromatic heterocycles. The molecule has 0 bridgehead atoms. The molecule has 0 fully saturated rings. The first-order chi connectivity index (χ1) is 38.1. The molecule has 0 N–H and O–H groups in total. The van der Waals surface area contributed by atoms with E-state index in [0.717, 1.165) is 67.1 Å². The first kappa shape index (κ1) is 43.1. The van der Waals surface area contributed by atoms with E-state index in [1.54, 1.807) is 0 Å². The van der Waals surface area contributed by atoms with Crippen LogP contribution in [0.5, 0.6) is 0 Å². The van der Waals surface area contributed by atoms with Gasteiger partial charge in [0.15, 0.2) is 17.5 Å².